The van der Waals surface area contributed by atoms with E-state index in [2.05, 4.69) is 28.6 Å². The maximum absolute atomic E-state index is 12.2. The van der Waals surface area contributed by atoms with Gasteiger partial charge < -0.3 is 5.32 Å². The molecule has 1 aliphatic heterocycles. The molecule has 0 aliphatic carbocycles. The molecule has 4 nitrogen and oxygen atoms in total. The maximum atomic E-state index is 12.2. The number of rotatable bonds is 1. The summed E-state index contributed by atoms with van der Waals surface area (Å²) in [4.78, 5) is 12.2. The molecule has 0 bridgehead atoms. The van der Waals surface area contributed by atoms with E-state index < -0.39 is 0 Å². The molecule has 3 aromatic rings. The molecule has 110 valence electrons. The van der Waals surface area contributed by atoms with Gasteiger partial charge in [-0.25, -0.2) is 4.68 Å². The molecule has 4 heteroatoms. The molecule has 0 saturated heterocycles. The van der Waals surface area contributed by atoms with E-state index >= 15 is 0 Å². The number of aromatic nitrogens is 2. The first kappa shape index (κ1) is 13.2. The number of nitrogens with one attached hydrogen (secondary N) is 1. The molecule has 0 unspecified atom stereocenters. The molecule has 2 heterocycles. The van der Waals surface area contributed by atoms with Gasteiger partial charge in [0.25, 0.3) is 5.56 Å². The van der Waals surface area contributed by atoms with Gasteiger partial charge in [-0.1, -0.05) is 30.3 Å². The fraction of sp³-hybridized carbons (Fsp3) is 0.222. The van der Waals surface area contributed by atoms with Crippen LogP contribution in [-0.2, 0) is 20.0 Å². The SMILES string of the molecule is Cn1nc(-c2ccc3c(c2)CCNC3)c2ccccc2c1=O. The van der Waals surface area contributed by atoms with Gasteiger partial charge in [0.2, 0.25) is 0 Å². The number of benzene rings is 2. The quantitative estimate of drug-likeness (QED) is 0.748. The van der Waals surface area contributed by atoms with Gasteiger partial charge in [0.05, 0.1) is 11.1 Å². The molecule has 2 aromatic carbocycles. The van der Waals surface area contributed by atoms with E-state index in [0.29, 0.717) is 0 Å². The van der Waals surface area contributed by atoms with Gasteiger partial charge in [0.15, 0.2) is 0 Å². The zero-order valence-corrected chi connectivity index (χ0v) is 12.5. The number of hydrogen-bond acceptors (Lipinski definition) is 3. The van der Waals surface area contributed by atoms with Crippen LogP contribution < -0.4 is 10.9 Å². The first-order valence-corrected chi connectivity index (χ1v) is 7.53. The van der Waals surface area contributed by atoms with Crippen molar-refractivity contribution in [3.05, 3.63) is 63.9 Å². The van der Waals surface area contributed by atoms with E-state index in [1.54, 1.807) is 7.05 Å². The van der Waals surface area contributed by atoms with Crippen LogP contribution >= 0.6 is 0 Å². The monoisotopic (exact) mass is 291 g/mol. The lowest BCUT2D eigenvalue weighted by atomic mass is 9.96. The van der Waals surface area contributed by atoms with Crippen molar-refractivity contribution in [3.8, 4) is 11.3 Å². The highest BCUT2D eigenvalue weighted by atomic mass is 16.1. The Morgan fingerprint density at radius 2 is 1.91 bits per heavy atom. The number of aryl methyl sites for hydroxylation is 1. The second-order valence-corrected chi connectivity index (χ2v) is 5.73. The Morgan fingerprint density at radius 1 is 1.09 bits per heavy atom. The number of hydrogen-bond donors (Lipinski definition) is 1. The smallest absolute Gasteiger partial charge is 0.274 e. The summed E-state index contributed by atoms with van der Waals surface area (Å²) in [5.74, 6) is 0. The van der Waals surface area contributed by atoms with Crippen molar-refractivity contribution in [1.29, 1.82) is 0 Å². The summed E-state index contributed by atoms with van der Waals surface area (Å²) in [6.45, 7) is 1.94. The molecule has 0 atom stereocenters. The third kappa shape index (κ3) is 2.04. The van der Waals surface area contributed by atoms with Crippen LogP contribution in [-0.4, -0.2) is 16.3 Å². The molecule has 1 aromatic heterocycles. The average Bonchev–Trinajstić information content (AvgIpc) is 2.58. The maximum Gasteiger partial charge on any atom is 0.274 e. The Hall–Kier alpha value is -2.46. The minimum absolute atomic E-state index is 0.0542. The molecule has 0 spiro atoms. The van der Waals surface area contributed by atoms with Crippen LogP contribution in [0, 0.1) is 0 Å². The van der Waals surface area contributed by atoms with Gasteiger partial charge in [-0.15, -0.1) is 0 Å². The molecule has 0 saturated carbocycles. The third-order valence-electron chi connectivity index (χ3n) is 4.32. The van der Waals surface area contributed by atoms with Gasteiger partial charge in [0, 0.05) is 24.5 Å². The van der Waals surface area contributed by atoms with E-state index in [0.717, 1.165) is 41.5 Å². The van der Waals surface area contributed by atoms with Crippen LogP contribution in [0.3, 0.4) is 0 Å². The normalized spacial score (nSPS) is 14.0. The highest BCUT2D eigenvalue weighted by Gasteiger charge is 2.14. The summed E-state index contributed by atoms with van der Waals surface area (Å²) >= 11 is 0. The van der Waals surface area contributed by atoms with Crippen LogP contribution in [0.4, 0.5) is 0 Å². The molecule has 1 N–H and O–H groups in total. The Balaban J connectivity index is 1.98. The third-order valence-corrected chi connectivity index (χ3v) is 4.32. The van der Waals surface area contributed by atoms with Gasteiger partial charge in [-0.3, -0.25) is 4.79 Å². The minimum atomic E-state index is -0.0542. The van der Waals surface area contributed by atoms with Crippen LogP contribution in [0.1, 0.15) is 11.1 Å². The zero-order chi connectivity index (χ0) is 15.1. The summed E-state index contributed by atoms with van der Waals surface area (Å²) in [5.41, 5.74) is 4.62. The summed E-state index contributed by atoms with van der Waals surface area (Å²) in [6, 6.07) is 14.2. The van der Waals surface area contributed by atoms with Gasteiger partial charge >= 0.3 is 0 Å². The number of nitrogens with zero attached hydrogens (tertiary/aromatic N) is 2. The molecule has 4 rings (SSSR count). The molecule has 1 aliphatic rings. The van der Waals surface area contributed by atoms with Gasteiger partial charge in [-0.2, -0.15) is 5.10 Å². The van der Waals surface area contributed by atoms with Crippen molar-refractivity contribution in [1.82, 2.24) is 15.1 Å². The van der Waals surface area contributed by atoms with Crippen molar-refractivity contribution >= 4 is 10.8 Å². The average molecular weight is 291 g/mol. The van der Waals surface area contributed by atoms with E-state index in [1.807, 2.05) is 24.3 Å². The topological polar surface area (TPSA) is 46.9 Å². The van der Waals surface area contributed by atoms with E-state index in [1.165, 1.54) is 15.8 Å². The van der Waals surface area contributed by atoms with Gasteiger partial charge in [0.1, 0.15) is 0 Å². The van der Waals surface area contributed by atoms with E-state index in [9.17, 15) is 4.79 Å². The number of fused-ring (bicyclic) bond motifs is 2. The highest BCUT2D eigenvalue weighted by Crippen LogP contribution is 2.27. The summed E-state index contributed by atoms with van der Waals surface area (Å²) in [6.07, 6.45) is 1.03. The van der Waals surface area contributed by atoms with Crippen LogP contribution in [0.5, 0.6) is 0 Å². The summed E-state index contributed by atoms with van der Waals surface area (Å²) in [5, 5.41) is 9.53. The molecular formula is C18H17N3O. The minimum Gasteiger partial charge on any atom is -0.312 e. The van der Waals surface area contributed by atoms with Crippen molar-refractivity contribution in [2.24, 2.45) is 7.05 Å². The second-order valence-electron chi connectivity index (χ2n) is 5.73. The molecule has 0 radical (unpaired) electrons. The van der Waals surface area contributed by atoms with Gasteiger partial charge in [-0.05, 0) is 36.2 Å². The van der Waals surface area contributed by atoms with Crippen molar-refractivity contribution in [2.45, 2.75) is 13.0 Å². The van der Waals surface area contributed by atoms with E-state index in [-0.39, 0.29) is 5.56 Å². The van der Waals surface area contributed by atoms with Crippen LogP contribution in [0.25, 0.3) is 22.0 Å². The molecule has 22 heavy (non-hydrogen) atoms. The van der Waals surface area contributed by atoms with Crippen molar-refractivity contribution in [2.75, 3.05) is 6.54 Å². The molecular weight excluding hydrogens is 274 g/mol. The first-order chi connectivity index (χ1) is 10.7. The fourth-order valence-corrected chi connectivity index (χ4v) is 3.14. The predicted octanol–water partition coefficient (Wildman–Crippen LogP) is 2.25. The Kier molecular flexibility index (Phi) is 3.05. The second kappa shape index (κ2) is 5.07. The summed E-state index contributed by atoms with van der Waals surface area (Å²) < 4.78 is 1.43. The Morgan fingerprint density at radius 3 is 2.77 bits per heavy atom. The fourth-order valence-electron chi connectivity index (χ4n) is 3.14. The predicted molar refractivity (Wildman–Crippen MR) is 87.8 cm³/mol. The molecule has 0 fully saturated rings. The van der Waals surface area contributed by atoms with Crippen molar-refractivity contribution in [3.63, 3.8) is 0 Å². The lowest BCUT2D eigenvalue weighted by Gasteiger charge is -2.18. The summed E-state index contributed by atoms with van der Waals surface area (Å²) in [7, 11) is 1.71. The molecule has 0 amide bonds. The Labute approximate surface area is 128 Å². The lowest BCUT2D eigenvalue weighted by Crippen LogP contribution is -2.23. The Bertz CT molecular complexity index is 927. The van der Waals surface area contributed by atoms with E-state index in [4.69, 9.17) is 0 Å². The largest absolute Gasteiger partial charge is 0.312 e. The standard InChI is InChI=1S/C18H17N3O/c1-21-18(22)16-5-3-2-4-15(16)17(20-21)13-6-7-14-11-19-9-8-12(14)10-13/h2-7,10,19H,8-9,11H2,1H3. The van der Waals surface area contributed by atoms with Crippen LogP contribution in [0.2, 0.25) is 0 Å². The van der Waals surface area contributed by atoms with Crippen molar-refractivity contribution < 1.29 is 0 Å². The lowest BCUT2D eigenvalue weighted by molar-refractivity contribution is 0.644. The first-order valence-electron chi connectivity index (χ1n) is 7.53. The zero-order valence-electron chi connectivity index (χ0n) is 12.5. The van der Waals surface area contributed by atoms with Crippen LogP contribution in [0.15, 0.2) is 47.3 Å². The highest BCUT2D eigenvalue weighted by molar-refractivity contribution is 5.93.